The van der Waals surface area contributed by atoms with Gasteiger partial charge in [0.2, 0.25) is 5.91 Å². The minimum atomic E-state index is -0.860. The number of thioether (sulfide) groups is 1. The first kappa shape index (κ1) is 15.7. The molecule has 1 N–H and O–H groups in total. The van der Waals surface area contributed by atoms with Crippen LogP contribution in [-0.4, -0.2) is 52.6 Å². The summed E-state index contributed by atoms with van der Waals surface area (Å²) in [6.07, 6.45) is 0.286. The topological polar surface area (TPSA) is 66.8 Å². The predicted octanol–water partition coefficient (Wildman–Crippen LogP) is 1.87. The molecule has 21 heavy (non-hydrogen) atoms. The van der Waals surface area contributed by atoms with E-state index in [0.29, 0.717) is 18.9 Å². The molecule has 1 unspecified atom stereocenters. The van der Waals surface area contributed by atoms with Crippen LogP contribution in [0.4, 0.5) is 0 Å². The smallest absolute Gasteiger partial charge is 0.305 e. The van der Waals surface area contributed by atoms with E-state index in [1.54, 1.807) is 16.7 Å². The summed E-state index contributed by atoms with van der Waals surface area (Å²) in [6, 6.07) is 9.14. The van der Waals surface area contributed by atoms with Gasteiger partial charge in [-0.1, -0.05) is 18.2 Å². The number of amides is 1. The maximum absolute atomic E-state index is 12.2. The highest BCUT2D eigenvalue weighted by molar-refractivity contribution is 7.99. The molecule has 1 fully saturated rings. The third kappa shape index (κ3) is 4.97. The van der Waals surface area contributed by atoms with Gasteiger partial charge < -0.3 is 14.7 Å². The summed E-state index contributed by atoms with van der Waals surface area (Å²) in [6.45, 7) is 0.930. The molecule has 1 saturated heterocycles. The summed E-state index contributed by atoms with van der Waals surface area (Å²) in [5, 5.41) is 8.92. The number of ether oxygens (including phenoxy) is 1. The van der Waals surface area contributed by atoms with Crippen molar-refractivity contribution in [2.45, 2.75) is 18.9 Å². The first-order chi connectivity index (χ1) is 10.2. The fourth-order valence-electron chi connectivity index (χ4n) is 2.27. The van der Waals surface area contributed by atoms with Crippen LogP contribution in [0.15, 0.2) is 30.3 Å². The van der Waals surface area contributed by atoms with Crippen LogP contribution in [-0.2, 0) is 9.59 Å². The maximum atomic E-state index is 12.2. The number of hydrogen-bond acceptors (Lipinski definition) is 4. The third-order valence-corrected chi connectivity index (χ3v) is 4.38. The van der Waals surface area contributed by atoms with Crippen molar-refractivity contribution in [3.63, 3.8) is 0 Å². The second-order valence-corrected chi connectivity index (χ2v) is 5.98. The molecular weight excluding hydrogens is 290 g/mol. The Morgan fingerprint density at radius 1 is 1.33 bits per heavy atom. The van der Waals surface area contributed by atoms with Gasteiger partial charge in [-0.15, -0.1) is 0 Å². The lowest BCUT2D eigenvalue weighted by Crippen LogP contribution is -2.47. The summed E-state index contributed by atoms with van der Waals surface area (Å²) >= 11 is 1.70. The van der Waals surface area contributed by atoms with E-state index in [0.717, 1.165) is 11.5 Å². The molecule has 1 aliphatic heterocycles. The zero-order valence-corrected chi connectivity index (χ0v) is 12.6. The number of carbonyl (C=O) groups is 2. The van der Waals surface area contributed by atoms with E-state index in [1.807, 2.05) is 30.3 Å². The second kappa shape index (κ2) is 7.93. The SMILES string of the molecule is O=C(O)CC1CSCCN1C(=O)CCOc1ccccc1. The van der Waals surface area contributed by atoms with Gasteiger partial charge in [-0.25, -0.2) is 0 Å². The van der Waals surface area contributed by atoms with Crippen molar-refractivity contribution >= 4 is 23.6 Å². The number of aliphatic carboxylic acids is 1. The number of carbonyl (C=O) groups excluding carboxylic acids is 1. The molecule has 5 nitrogen and oxygen atoms in total. The normalized spacial score (nSPS) is 18.3. The minimum absolute atomic E-state index is 0.0122. The fourth-order valence-corrected chi connectivity index (χ4v) is 3.33. The lowest BCUT2D eigenvalue weighted by molar-refractivity contribution is -0.140. The number of carboxylic acid groups (broad SMARTS) is 1. The standard InChI is InChI=1S/C15H19NO4S/c17-14(6-8-20-13-4-2-1-3-5-13)16-7-9-21-11-12(16)10-15(18)19/h1-5,12H,6-11H2,(H,18,19). The van der Waals surface area contributed by atoms with E-state index < -0.39 is 5.97 Å². The third-order valence-electron chi connectivity index (χ3n) is 3.29. The van der Waals surface area contributed by atoms with Crippen LogP contribution < -0.4 is 4.74 Å². The molecule has 0 saturated carbocycles. The number of carboxylic acids is 1. The van der Waals surface area contributed by atoms with Crippen molar-refractivity contribution in [3.05, 3.63) is 30.3 Å². The molecule has 1 aromatic carbocycles. The average Bonchev–Trinajstić information content (AvgIpc) is 2.48. The van der Waals surface area contributed by atoms with Crippen molar-refractivity contribution in [2.75, 3.05) is 24.7 Å². The Labute approximate surface area is 128 Å². The average molecular weight is 309 g/mol. The molecule has 114 valence electrons. The maximum Gasteiger partial charge on any atom is 0.305 e. The van der Waals surface area contributed by atoms with Crippen molar-refractivity contribution in [3.8, 4) is 5.75 Å². The van der Waals surface area contributed by atoms with Crippen molar-refractivity contribution in [1.82, 2.24) is 4.90 Å². The quantitative estimate of drug-likeness (QED) is 0.869. The van der Waals surface area contributed by atoms with Crippen molar-refractivity contribution in [1.29, 1.82) is 0 Å². The molecular formula is C15H19NO4S. The van der Waals surface area contributed by atoms with E-state index in [2.05, 4.69) is 0 Å². The molecule has 1 heterocycles. The summed E-state index contributed by atoms with van der Waals surface area (Å²) in [4.78, 5) is 24.8. The summed E-state index contributed by atoms with van der Waals surface area (Å²) in [5.74, 6) is 1.40. The molecule has 1 atom stereocenters. The zero-order chi connectivity index (χ0) is 15.1. The molecule has 1 aliphatic rings. The van der Waals surface area contributed by atoms with Crippen molar-refractivity contribution in [2.24, 2.45) is 0 Å². The lowest BCUT2D eigenvalue weighted by Gasteiger charge is -2.34. The van der Waals surface area contributed by atoms with Gasteiger partial charge in [-0.2, -0.15) is 11.8 Å². The highest BCUT2D eigenvalue weighted by Crippen LogP contribution is 2.20. The molecule has 1 aromatic rings. The van der Waals surface area contributed by atoms with Crippen LogP contribution in [0.25, 0.3) is 0 Å². The van der Waals surface area contributed by atoms with Gasteiger partial charge in [-0.05, 0) is 12.1 Å². The Morgan fingerprint density at radius 2 is 2.10 bits per heavy atom. The number of benzene rings is 1. The van der Waals surface area contributed by atoms with Gasteiger partial charge in [0.05, 0.1) is 25.5 Å². The van der Waals surface area contributed by atoms with Crippen LogP contribution in [0.5, 0.6) is 5.75 Å². The van der Waals surface area contributed by atoms with Gasteiger partial charge in [0.15, 0.2) is 0 Å². The first-order valence-corrected chi connectivity index (χ1v) is 8.09. The fraction of sp³-hybridized carbons (Fsp3) is 0.467. The van der Waals surface area contributed by atoms with E-state index in [9.17, 15) is 9.59 Å². The largest absolute Gasteiger partial charge is 0.493 e. The van der Waals surface area contributed by atoms with Gasteiger partial charge >= 0.3 is 5.97 Å². The molecule has 0 aliphatic carbocycles. The van der Waals surface area contributed by atoms with E-state index >= 15 is 0 Å². The van der Waals surface area contributed by atoms with Gasteiger partial charge in [0, 0.05) is 18.1 Å². The van der Waals surface area contributed by atoms with Gasteiger partial charge in [0.1, 0.15) is 5.75 Å². The molecule has 0 bridgehead atoms. The van der Waals surface area contributed by atoms with Crippen LogP contribution in [0, 0.1) is 0 Å². The Kier molecular flexibility index (Phi) is 5.92. The summed E-state index contributed by atoms with van der Waals surface area (Å²) < 4.78 is 5.51. The highest BCUT2D eigenvalue weighted by Gasteiger charge is 2.28. The lowest BCUT2D eigenvalue weighted by atomic mass is 10.2. The molecule has 2 rings (SSSR count). The predicted molar refractivity (Wildman–Crippen MR) is 81.6 cm³/mol. The van der Waals surface area contributed by atoms with Gasteiger partial charge in [0.25, 0.3) is 0 Å². The summed E-state index contributed by atoms with van der Waals surface area (Å²) in [5.41, 5.74) is 0. The Bertz CT molecular complexity index is 480. The van der Waals surface area contributed by atoms with E-state index in [-0.39, 0.29) is 24.8 Å². The summed E-state index contributed by atoms with van der Waals surface area (Å²) in [7, 11) is 0. The monoisotopic (exact) mass is 309 g/mol. The van der Waals surface area contributed by atoms with Crippen LogP contribution in [0.2, 0.25) is 0 Å². The Hall–Kier alpha value is -1.69. The number of para-hydroxylation sites is 1. The Morgan fingerprint density at radius 3 is 2.81 bits per heavy atom. The molecule has 0 radical (unpaired) electrons. The molecule has 0 aromatic heterocycles. The number of hydrogen-bond donors (Lipinski definition) is 1. The van der Waals surface area contributed by atoms with Gasteiger partial charge in [-0.3, -0.25) is 9.59 Å². The Balaban J connectivity index is 1.81. The number of rotatable bonds is 6. The van der Waals surface area contributed by atoms with Crippen LogP contribution in [0.1, 0.15) is 12.8 Å². The van der Waals surface area contributed by atoms with E-state index in [1.165, 1.54) is 0 Å². The molecule has 0 spiro atoms. The minimum Gasteiger partial charge on any atom is -0.493 e. The second-order valence-electron chi connectivity index (χ2n) is 4.83. The van der Waals surface area contributed by atoms with Crippen LogP contribution >= 0.6 is 11.8 Å². The molecule has 1 amide bonds. The van der Waals surface area contributed by atoms with E-state index in [4.69, 9.17) is 9.84 Å². The number of nitrogens with zero attached hydrogens (tertiary/aromatic N) is 1. The first-order valence-electron chi connectivity index (χ1n) is 6.93. The molecule has 6 heteroatoms. The zero-order valence-electron chi connectivity index (χ0n) is 11.7. The van der Waals surface area contributed by atoms with Crippen LogP contribution in [0.3, 0.4) is 0 Å². The van der Waals surface area contributed by atoms with Crippen molar-refractivity contribution < 1.29 is 19.4 Å². The highest BCUT2D eigenvalue weighted by atomic mass is 32.2.